The van der Waals surface area contributed by atoms with E-state index in [1.54, 1.807) is 12.3 Å². The molecule has 1 fully saturated rings. The van der Waals surface area contributed by atoms with Gasteiger partial charge in [0.1, 0.15) is 0 Å². The van der Waals surface area contributed by atoms with Crippen LogP contribution in [0.5, 0.6) is 0 Å². The minimum Gasteiger partial charge on any atom is -0.481 e. The summed E-state index contributed by atoms with van der Waals surface area (Å²) in [5.74, 6) is -0.528. The third kappa shape index (κ3) is 4.05. The Hall–Kier alpha value is -1.91. The zero-order valence-electron chi connectivity index (χ0n) is 11.8. The summed E-state index contributed by atoms with van der Waals surface area (Å²) in [5.41, 5.74) is 1.02. The first-order valence-electron chi connectivity index (χ1n) is 6.88. The molecule has 1 heterocycles. The molecule has 0 radical (unpaired) electrons. The molecule has 2 rings (SSSR count). The molecule has 0 unspecified atom stereocenters. The molecular weight excluding hydrogens is 256 g/mol. The summed E-state index contributed by atoms with van der Waals surface area (Å²) < 4.78 is 0. The fourth-order valence-corrected chi connectivity index (χ4v) is 2.05. The summed E-state index contributed by atoms with van der Waals surface area (Å²) in [6.07, 6.45) is 4.38. The number of carbonyl (C=O) groups excluding carboxylic acids is 1. The van der Waals surface area contributed by atoms with Crippen molar-refractivity contribution in [3.63, 3.8) is 0 Å². The highest BCUT2D eigenvalue weighted by Crippen LogP contribution is 2.38. The predicted molar refractivity (Wildman–Crippen MR) is 74.6 cm³/mol. The maximum absolute atomic E-state index is 12.2. The SMILES string of the molecule is CC(C)(CCC(=O)O)NC(=O)c1ccnc(C2CC2)c1. The third-order valence-corrected chi connectivity index (χ3v) is 3.45. The van der Waals surface area contributed by atoms with Gasteiger partial charge in [-0.15, -0.1) is 0 Å². The number of aliphatic carboxylic acids is 1. The number of aromatic nitrogens is 1. The second kappa shape index (κ2) is 5.61. The van der Waals surface area contributed by atoms with E-state index in [-0.39, 0.29) is 12.3 Å². The summed E-state index contributed by atoms with van der Waals surface area (Å²) in [4.78, 5) is 27.1. The summed E-state index contributed by atoms with van der Waals surface area (Å²) in [7, 11) is 0. The first kappa shape index (κ1) is 14.5. The van der Waals surface area contributed by atoms with Crippen LogP contribution >= 0.6 is 0 Å². The van der Waals surface area contributed by atoms with Gasteiger partial charge >= 0.3 is 5.97 Å². The number of carboxylic acids is 1. The molecule has 0 aliphatic heterocycles. The van der Waals surface area contributed by atoms with E-state index in [9.17, 15) is 9.59 Å². The van der Waals surface area contributed by atoms with Crippen molar-refractivity contribution in [3.05, 3.63) is 29.6 Å². The second-order valence-corrected chi connectivity index (χ2v) is 5.98. The molecule has 1 amide bonds. The highest BCUT2D eigenvalue weighted by atomic mass is 16.4. The number of hydrogen-bond donors (Lipinski definition) is 2. The minimum absolute atomic E-state index is 0.0386. The molecule has 1 aliphatic rings. The summed E-state index contributed by atoms with van der Waals surface area (Å²) >= 11 is 0. The number of carbonyl (C=O) groups is 2. The second-order valence-electron chi connectivity index (χ2n) is 5.98. The summed E-state index contributed by atoms with van der Waals surface area (Å²) in [5, 5.41) is 11.6. The number of pyridine rings is 1. The lowest BCUT2D eigenvalue weighted by molar-refractivity contribution is -0.137. The van der Waals surface area contributed by atoms with Crippen molar-refractivity contribution >= 4 is 11.9 Å². The Bertz CT molecular complexity index is 522. The van der Waals surface area contributed by atoms with Crippen molar-refractivity contribution in [2.24, 2.45) is 0 Å². The third-order valence-electron chi connectivity index (χ3n) is 3.45. The normalized spacial score (nSPS) is 14.9. The van der Waals surface area contributed by atoms with Crippen molar-refractivity contribution in [1.82, 2.24) is 10.3 Å². The molecule has 0 atom stereocenters. The van der Waals surface area contributed by atoms with E-state index >= 15 is 0 Å². The fourth-order valence-electron chi connectivity index (χ4n) is 2.05. The van der Waals surface area contributed by atoms with Crippen LogP contribution < -0.4 is 5.32 Å². The van der Waals surface area contributed by atoms with Crippen molar-refractivity contribution in [1.29, 1.82) is 0 Å². The number of nitrogens with one attached hydrogen (secondary N) is 1. The van der Waals surface area contributed by atoms with Gasteiger partial charge in [-0.1, -0.05) is 0 Å². The molecule has 5 heteroatoms. The highest BCUT2D eigenvalue weighted by Gasteiger charge is 2.26. The van der Waals surface area contributed by atoms with Crippen molar-refractivity contribution in [3.8, 4) is 0 Å². The number of amides is 1. The topological polar surface area (TPSA) is 79.3 Å². The van der Waals surface area contributed by atoms with Gasteiger partial charge in [0.15, 0.2) is 0 Å². The van der Waals surface area contributed by atoms with Gasteiger partial charge in [-0.2, -0.15) is 0 Å². The van der Waals surface area contributed by atoms with Crippen LogP contribution in [0.4, 0.5) is 0 Å². The predicted octanol–water partition coefficient (Wildman–Crippen LogP) is 2.33. The molecule has 1 aromatic heterocycles. The minimum atomic E-state index is -0.854. The molecule has 2 N–H and O–H groups in total. The van der Waals surface area contributed by atoms with Crippen LogP contribution in [0.15, 0.2) is 18.3 Å². The van der Waals surface area contributed by atoms with E-state index < -0.39 is 11.5 Å². The Morgan fingerprint density at radius 2 is 2.15 bits per heavy atom. The van der Waals surface area contributed by atoms with Gasteiger partial charge in [-0.25, -0.2) is 0 Å². The smallest absolute Gasteiger partial charge is 0.303 e. The molecule has 0 spiro atoms. The van der Waals surface area contributed by atoms with Crippen LogP contribution in [0.3, 0.4) is 0 Å². The highest BCUT2D eigenvalue weighted by molar-refractivity contribution is 5.94. The van der Waals surface area contributed by atoms with E-state index in [1.807, 2.05) is 19.9 Å². The van der Waals surface area contributed by atoms with Crippen molar-refractivity contribution in [2.75, 3.05) is 0 Å². The molecular formula is C15H20N2O3. The monoisotopic (exact) mass is 276 g/mol. The zero-order chi connectivity index (χ0) is 14.8. The number of nitrogens with zero attached hydrogens (tertiary/aromatic N) is 1. The van der Waals surface area contributed by atoms with E-state index in [0.29, 0.717) is 17.9 Å². The Morgan fingerprint density at radius 1 is 1.45 bits per heavy atom. The maximum atomic E-state index is 12.2. The summed E-state index contributed by atoms with van der Waals surface area (Å²) in [6, 6.07) is 3.52. The molecule has 20 heavy (non-hydrogen) atoms. The lowest BCUT2D eigenvalue weighted by Crippen LogP contribution is -2.43. The average Bonchev–Trinajstić information content (AvgIpc) is 3.20. The van der Waals surface area contributed by atoms with E-state index in [0.717, 1.165) is 18.5 Å². The molecule has 108 valence electrons. The molecule has 0 aromatic carbocycles. The van der Waals surface area contributed by atoms with Crippen LogP contribution in [0.2, 0.25) is 0 Å². The van der Waals surface area contributed by atoms with Crippen LogP contribution in [0, 0.1) is 0 Å². The molecule has 1 saturated carbocycles. The lowest BCUT2D eigenvalue weighted by Gasteiger charge is -2.25. The van der Waals surface area contributed by atoms with E-state index in [1.165, 1.54) is 0 Å². The van der Waals surface area contributed by atoms with Gasteiger partial charge in [0.05, 0.1) is 0 Å². The first-order valence-corrected chi connectivity index (χ1v) is 6.88. The maximum Gasteiger partial charge on any atom is 0.303 e. The summed E-state index contributed by atoms with van der Waals surface area (Å²) in [6.45, 7) is 3.66. The number of hydrogen-bond acceptors (Lipinski definition) is 3. The van der Waals surface area contributed by atoms with Crippen molar-refractivity contribution in [2.45, 2.75) is 51.0 Å². The van der Waals surface area contributed by atoms with Gasteiger partial charge in [0.2, 0.25) is 0 Å². The zero-order valence-corrected chi connectivity index (χ0v) is 11.8. The van der Waals surface area contributed by atoms with Gasteiger partial charge < -0.3 is 10.4 Å². The van der Waals surface area contributed by atoms with E-state index in [2.05, 4.69) is 10.3 Å². The number of rotatable bonds is 6. The molecule has 1 aromatic rings. The molecule has 0 saturated heterocycles. The Balaban J connectivity index is 1.99. The molecule has 1 aliphatic carbocycles. The van der Waals surface area contributed by atoms with E-state index in [4.69, 9.17) is 5.11 Å². The Labute approximate surface area is 118 Å². The van der Waals surface area contributed by atoms with Gasteiger partial charge in [0, 0.05) is 35.3 Å². The van der Waals surface area contributed by atoms with Crippen LogP contribution in [0.1, 0.15) is 61.5 Å². The first-order chi connectivity index (χ1) is 9.37. The van der Waals surface area contributed by atoms with Crippen LogP contribution in [0.25, 0.3) is 0 Å². The van der Waals surface area contributed by atoms with Crippen molar-refractivity contribution < 1.29 is 14.7 Å². The Morgan fingerprint density at radius 3 is 2.75 bits per heavy atom. The van der Waals surface area contributed by atoms with Crippen LogP contribution in [-0.4, -0.2) is 27.5 Å². The lowest BCUT2D eigenvalue weighted by atomic mass is 9.97. The van der Waals surface area contributed by atoms with Gasteiger partial charge in [0.25, 0.3) is 5.91 Å². The average molecular weight is 276 g/mol. The molecule has 0 bridgehead atoms. The largest absolute Gasteiger partial charge is 0.481 e. The van der Waals surface area contributed by atoms with Gasteiger partial charge in [-0.3, -0.25) is 14.6 Å². The quantitative estimate of drug-likeness (QED) is 0.835. The number of carboxylic acid groups (broad SMARTS) is 1. The molecule has 5 nitrogen and oxygen atoms in total. The standard InChI is InChI=1S/C15H20N2O3/c1-15(2,7-5-13(18)19)17-14(20)11-6-8-16-12(9-11)10-3-4-10/h6,8-10H,3-5,7H2,1-2H3,(H,17,20)(H,18,19). The van der Waals surface area contributed by atoms with Gasteiger partial charge in [-0.05, 0) is 45.2 Å². The van der Waals surface area contributed by atoms with Crippen LogP contribution in [-0.2, 0) is 4.79 Å². The Kier molecular flexibility index (Phi) is 4.06. The fraction of sp³-hybridized carbons (Fsp3) is 0.533.